The molecule has 0 fully saturated rings. The molecule has 0 saturated heterocycles. The topological polar surface area (TPSA) is 64.3 Å². The third-order valence-electron chi connectivity index (χ3n) is 1.95. The number of carbonyl (C=O) groups excluding carboxylic acids is 1. The molecule has 0 heterocycles. The van der Waals surface area contributed by atoms with E-state index in [0.717, 1.165) is 5.56 Å². The van der Waals surface area contributed by atoms with Crippen molar-refractivity contribution >= 4 is 11.7 Å². The lowest BCUT2D eigenvalue weighted by molar-refractivity contribution is 0.0602. The smallest absolute Gasteiger partial charge is 0.339 e. The summed E-state index contributed by atoms with van der Waals surface area (Å²) in [7, 11) is 3.14. The van der Waals surface area contributed by atoms with E-state index in [4.69, 9.17) is 5.73 Å². The molecule has 0 aliphatic heterocycles. The van der Waals surface area contributed by atoms with Crippen molar-refractivity contribution in [3.8, 4) is 11.8 Å². The van der Waals surface area contributed by atoms with Crippen molar-refractivity contribution in [3.63, 3.8) is 0 Å². The molecular formula is C12H14N2O2. The average molecular weight is 218 g/mol. The zero-order chi connectivity index (χ0) is 12.0. The van der Waals surface area contributed by atoms with Gasteiger partial charge in [0.1, 0.15) is 0 Å². The summed E-state index contributed by atoms with van der Waals surface area (Å²) >= 11 is 0. The number of hydrogen-bond donors (Lipinski definition) is 2. The number of hydrogen-bond acceptors (Lipinski definition) is 4. The SMILES string of the molecule is CNCC#Cc1ccc(C(=O)OC)c(N)c1. The van der Waals surface area contributed by atoms with Crippen LogP contribution in [0.5, 0.6) is 0 Å². The molecule has 0 atom stereocenters. The molecule has 0 spiro atoms. The fourth-order valence-electron chi connectivity index (χ4n) is 1.17. The molecular weight excluding hydrogens is 204 g/mol. The van der Waals surface area contributed by atoms with Gasteiger partial charge in [-0.2, -0.15) is 0 Å². The van der Waals surface area contributed by atoms with Crippen LogP contribution in [0.3, 0.4) is 0 Å². The maximum Gasteiger partial charge on any atom is 0.339 e. The van der Waals surface area contributed by atoms with Crippen molar-refractivity contribution in [1.82, 2.24) is 5.32 Å². The van der Waals surface area contributed by atoms with Gasteiger partial charge >= 0.3 is 5.97 Å². The van der Waals surface area contributed by atoms with Crippen LogP contribution in [-0.4, -0.2) is 26.7 Å². The van der Waals surface area contributed by atoms with Gasteiger partial charge in [0.2, 0.25) is 0 Å². The molecule has 1 rings (SSSR count). The molecule has 3 N–H and O–H groups in total. The third-order valence-corrected chi connectivity index (χ3v) is 1.95. The molecule has 0 aromatic heterocycles. The Morgan fingerprint density at radius 1 is 1.56 bits per heavy atom. The number of benzene rings is 1. The van der Waals surface area contributed by atoms with Crippen molar-refractivity contribution in [2.45, 2.75) is 0 Å². The second-order valence-electron chi connectivity index (χ2n) is 3.13. The number of anilines is 1. The third kappa shape index (κ3) is 3.01. The highest BCUT2D eigenvalue weighted by Gasteiger charge is 2.08. The average Bonchev–Trinajstić information content (AvgIpc) is 2.29. The Hall–Kier alpha value is -1.99. The van der Waals surface area contributed by atoms with Crippen LogP contribution >= 0.6 is 0 Å². The molecule has 0 aliphatic rings. The summed E-state index contributed by atoms with van der Waals surface area (Å²) < 4.78 is 4.59. The summed E-state index contributed by atoms with van der Waals surface area (Å²) in [4.78, 5) is 11.3. The van der Waals surface area contributed by atoms with Crippen molar-refractivity contribution < 1.29 is 9.53 Å². The number of methoxy groups -OCH3 is 1. The lowest BCUT2D eigenvalue weighted by atomic mass is 10.1. The highest BCUT2D eigenvalue weighted by molar-refractivity contribution is 5.95. The normalized spacial score (nSPS) is 9.12. The van der Waals surface area contributed by atoms with E-state index in [-0.39, 0.29) is 0 Å². The highest BCUT2D eigenvalue weighted by Crippen LogP contribution is 2.14. The van der Waals surface area contributed by atoms with Crippen LogP contribution in [0.25, 0.3) is 0 Å². The number of esters is 1. The van der Waals surface area contributed by atoms with Gasteiger partial charge in [-0.3, -0.25) is 0 Å². The van der Waals surface area contributed by atoms with Gasteiger partial charge in [-0.05, 0) is 25.2 Å². The van der Waals surface area contributed by atoms with E-state index in [0.29, 0.717) is 17.8 Å². The van der Waals surface area contributed by atoms with Gasteiger partial charge in [0.05, 0.1) is 19.2 Å². The van der Waals surface area contributed by atoms with E-state index in [2.05, 4.69) is 21.9 Å². The summed E-state index contributed by atoms with van der Waals surface area (Å²) in [5, 5.41) is 2.91. The van der Waals surface area contributed by atoms with Crippen molar-refractivity contribution in [3.05, 3.63) is 29.3 Å². The molecule has 4 heteroatoms. The van der Waals surface area contributed by atoms with Gasteiger partial charge in [-0.25, -0.2) is 4.79 Å². The first-order chi connectivity index (χ1) is 7.69. The second-order valence-corrected chi connectivity index (χ2v) is 3.13. The monoisotopic (exact) mass is 218 g/mol. The van der Waals surface area contributed by atoms with Gasteiger partial charge < -0.3 is 15.8 Å². The summed E-state index contributed by atoms with van der Waals surface area (Å²) in [5.41, 5.74) is 7.24. The molecule has 1 aromatic carbocycles. The maximum absolute atomic E-state index is 11.3. The number of nitrogens with two attached hydrogens (primary N) is 1. The van der Waals surface area contributed by atoms with Crippen molar-refractivity contribution in [1.29, 1.82) is 0 Å². The van der Waals surface area contributed by atoms with Crippen LogP contribution in [0.15, 0.2) is 18.2 Å². The quantitative estimate of drug-likeness (QED) is 0.434. The fraction of sp³-hybridized carbons (Fsp3) is 0.250. The van der Waals surface area contributed by atoms with Crippen LogP contribution in [0.4, 0.5) is 5.69 Å². The van der Waals surface area contributed by atoms with Gasteiger partial charge in [0.25, 0.3) is 0 Å². The van der Waals surface area contributed by atoms with E-state index in [1.54, 1.807) is 18.2 Å². The Kier molecular flexibility index (Phi) is 4.37. The van der Waals surface area contributed by atoms with Gasteiger partial charge in [0, 0.05) is 11.3 Å². The van der Waals surface area contributed by atoms with Crippen molar-refractivity contribution in [2.75, 3.05) is 26.4 Å². The Labute approximate surface area is 94.8 Å². The number of ether oxygens (including phenoxy) is 1. The molecule has 0 saturated carbocycles. The first-order valence-electron chi connectivity index (χ1n) is 4.80. The second kappa shape index (κ2) is 5.79. The largest absolute Gasteiger partial charge is 0.465 e. The maximum atomic E-state index is 11.3. The molecule has 0 amide bonds. The van der Waals surface area contributed by atoms with E-state index < -0.39 is 5.97 Å². The molecule has 0 unspecified atom stereocenters. The lowest BCUT2D eigenvalue weighted by Gasteiger charge is -2.03. The number of carbonyl (C=O) groups is 1. The highest BCUT2D eigenvalue weighted by atomic mass is 16.5. The summed E-state index contributed by atoms with van der Waals surface area (Å²) in [6.07, 6.45) is 0. The number of nitrogens with one attached hydrogen (secondary N) is 1. The minimum atomic E-state index is -0.438. The minimum Gasteiger partial charge on any atom is -0.465 e. The van der Waals surface area contributed by atoms with E-state index in [1.807, 2.05) is 7.05 Å². The molecule has 84 valence electrons. The first-order valence-corrected chi connectivity index (χ1v) is 4.80. The van der Waals surface area contributed by atoms with Crippen LogP contribution in [0, 0.1) is 11.8 Å². The van der Waals surface area contributed by atoms with Crippen LogP contribution in [0.1, 0.15) is 15.9 Å². The predicted molar refractivity (Wildman–Crippen MR) is 63.0 cm³/mol. The van der Waals surface area contributed by atoms with E-state index >= 15 is 0 Å². The van der Waals surface area contributed by atoms with Gasteiger partial charge in [-0.1, -0.05) is 11.8 Å². The van der Waals surface area contributed by atoms with Crippen molar-refractivity contribution in [2.24, 2.45) is 0 Å². The molecule has 0 aliphatic carbocycles. The predicted octanol–water partition coefficient (Wildman–Crippen LogP) is 0.626. The fourth-order valence-corrected chi connectivity index (χ4v) is 1.17. The Morgan fingerprint density at radius 3 is 2.88 bits per heavy atom. The molecule has 16 heavy (non-hydrogen) atoms. The number of rotatable bonds is 2. The zero-order valence-corrected chi connectivity index (χ0v) is 9.33. The zero-order valence-electron chi connectivity index (χ0n) is 9.33. The summed E-state index contributed by atoms with van der Waals surface area (Å²) in [6, 6.07) is 5.02. The lowest BCUT2D eigenvalue weighted by Crippen LogP contribution is -2.06. The van der Waals surface area contributed by atoms with Crippen LogP contribution in [-0.2, 0) is 4.74 Å². The standard InChI is InChI=1S/C12H14N2O2/c1-14-7-3-4-9-5-6-10(11(13)8-9)12(15)16-2/h5-6,8,14H,7,13H2,1-2H3. The van der Waals surface area contributed by atoms with Gasteiger partial charge in [0.15, 0.2) is 0 Å². The Morgan fingerprint density at radius 2 is 2.31 bits per heavy atom. The summed E-state index contributed by atoms with van der Waals surface area (Å²) in [6.45, 7) is 0.610. The number of nitrogen functional groups attached to an aromatic ring is 1. The minimum absolute atomic E-state index is 0.363. The molecule has 0 radical (unpaired) electrons. The summed E-state index contributed by atoms with van der Waals surface area (Å²) in [5.74, 6) is 5.40. The Bertz CT molecular complexity index is 444. The van der Waals surface area contributed by atoms with Crippen LogP contribution < -0.4 is 11.1 Å². The van der Waals surface area contributed by atoms with E-state index in [1.165, 1.54) is 7.11 Å². The molecule has 1 aromatic rings. The molecule has 4 nitrogen and oxygen atoms in total. The van der Waals surface area contributed by atoms with Crippen LogP contribution in [0.2, 0.25) is 0 Å². The van der Waals surface area contributed by atoms with Gasteiger partial charge in [-0.15, -0.1) is 0 Å². The first kappa shape index (κ1) is 12.1. The molecule has 0 bridgehead atoms. The van der Waals surface area contributed by atoms with E-state index in [9.17, 15) is 4.79 Å². The Balaban J connectivity index is 2.92.